The predicted octanol–water partition coefficient (Wildman–Crippen LogP) is 1.52. The van der Waals surface area contributed by atoms with Crippen LogP contribution in [0.2, 0.25) is 0 Å². The van der Waals surface area contributed by atoms with Gasteiger partial charge in [0.1, 0.15) is 0 Å². The Bertz CT molecular complexity index is 676. The molecule has 0 radical (unpaired) electrons. The molecule has 4 rings (SSSR count). The number of rotatable bonds is 7. The highest BCUT2D eigenvalue weighted by molar-refractivity contribution is 5.79. The van der Waals surface area contributed by atoms with Crippen LogP contribution in [0.15, 0.2) is 6.07 Å². The van der Waals surface area contributed by atoms with Crippen molar-refractivity contribution in [3.63, 3.8) is 0 Å². The van der Waals surface area contributed by atoms with Gasteiger partial charge in [0.05, 0.1) is 31.0 Å². The molecule has 0 unspecified atom stereocenters. The third-order valence-corrected chi connectivity index (χ3v) is 6.16. The second-order valence-corrected chi connectivity index (χ2v) is 8.17. The number of likely N-dealkylation sites (tertiary alicyclic amines) is 1. The number of nitrogens with one attached hydrogen (secondary N) is 1. The molecular formula is C20H31N5O2. The fraction of sp³-hybridized carbons (Fsp3) is 0.750. The lowest BCUT2D eigenvalue weighted by atomic mass is 9.84. The second kappa shape index (κ2) is 8.42. The number of nitrogens with zero attached hydrogens (tertiary/aromatic N) is 4. The summed E-state index contributed by atoms with van der Waals surface area (Å²) in [5.41, 5.74) is 1.96. The third-order valence-electron chi connectivity index (χ3n) is 6.16. The van der Waals surface area contributed by atoms with Gasteiger partial charge in [0.2, 0.25) is 11.8 Å². The smallest absolute Gasteiger partial charge is 0.226 e. The van der Waals surface area contributed by atoms with Gasteiger partial charge >= 0.3 is 0 Å². The van der Waals surface area contributed by atoms with Crippen molar-refractivity contribution in [2.24, 2.45) is 5.92 Å². The second-order valence-electron chi connectivity index (χ2n) is 8.17. The van der Waals surface area contributed by atoms with E-state index in [0.29, 0.717) is 25.4 Å². The predicted molar refractivity (Wildman–Crippen MR) is 102 cm³/mol. The molecule has 0 spiro atoms. The first kappa shape index (κ1) is 18.5. The maximum atomic E-state index is 12.4. The fourth-order valence-electron chi connectivity index (χ4n) is 4.26. The molecule has 1 saturated heterocycles. The zero-order chi connectivity index (χ0) is 18.6. The van der Waals surface area contributed by atoms with Crippen molar-refractivity contribution < 1.29 is 9.59 Å². The monoisotopic (exact) mass is 373 g/mol. The van der Waals surface area contributed by atoms with E-state index >= 15 is 0 Å². The van der Waals surface area contributed by atoms with E-state index in [1.165, 1.54) is 32.4 Å². The average molecular weight is 374 g/mol. The van der Waals surface area contributed by atoms with Gasteiger partial charge in [-0.25, -0.2) is 0 Å². The van der Waals surface area contributed by atoms with Gasteiger partial charge < -0.3 is 15.1 Å². The molecule has 1 aromatic rings. The lowest BCUT2D eigenvalue weighted by molar-refractivity contribution is -0.139. The Balaban J connectivity index is 1.21. The number of amides is 2. The van der Waals surface area contributed by atoms with Crippen LogP contribution in [0.25, 0.3) is 0 Å². The van der Waals surface area contributed by atoms with E-state index in [2.05, 4.69) is 15.3 Å². The van der Waals surface area contributed by atoms with Crippen molar-refractivity contribution in [3.8, 4) is 0 Å². The number of fused-ring (bicyclic) bond motifs is 1. The summed E-state index contributed by atoms with van der Waals surface area (Å²) in [5, 5.41) is 7.58. The van der Waals surface area contributed by atoms with Crippen molar-refractivity contribution in [1.82, 2.24) is 24.9 Å². The summed E-state index contributed by atoms with van der Waals surface area (Å²) in [4.78, 5) is 28.9. The van der Waals surface area contributed by atoms with Crippen LogP contribution in [0.1, 0.15) is 56.3 Å². The lowest BCUT2D eigenvalue weighted by Crippen LogP contribution is -2.43. The minimum Gasteiger partial charge on any atom is -0.350 e. The van der Waals surface area contributed by atoms with Gasteiger partial charge in [-0.3, -0.25) is 14.3 Å². The van der Waals surface area contributed by atoms with Gasteiger partial charge in [0.15, 0.2) is 0 Å². The molecule has 1 aliphatic carbocycles. The molecule has 7 heteroatoms. The fourth-order valence-corrected chi connectivity index (χ4v) is 4.26. The Morgan fingerprint density at radius 1 is 1.11 bits per heavy atom. The standard InChI is InChI=1S/C20H31N5O2/c26-19(7-4-10-23-8-1-2-9-23)21-14-17-13-18-15-24(11-12-25(18)22-17)20(27)16-5-3-6-16/h13,16H,1-12,14-15H2,(H,21,26). The highest BCUT2D eigenvalue weighted by Crippen LogP contribution is 2.29. The Labute approximate surface area is 161 Å². The van der Waals surface area contributed by atoms with Crippen molar-refractivity contribution in [2.45, 2.75) is 64.6 Å². The van der Waals surface area contributed by atoms with Crippen molar-refractivity contribution in [1.29, 1.82) is 0 Å². The topological polar surface area (TPSA) is 70.5 Å². The quantitative estimate of drug-likeness (QED) is 0.787. The number of hydrogen-bond donors (Lipinski definition) is 1. The molecule has 3 heterocycles. The molecule has 148 valence electrons. The molecule has 0 bridgehead atoms. The number of carbonyl (C=O) groups is 2. The van der Waals surface area contributed by atoms with E-state index in [4.69, 9.17) is 0 Å². The Morgan fingerprint density at radius 3 is 2.67 bits per heavy atom. The minimum absolute atomic E-state index is 0.0990. The van der Waals surface area contributed by atoms with E-state index in [9.17, 15) is 9.59 Å². The van der Waals surface area contributed by atoms with Crippen LogP contribution < -0.4 is 5.32 Å². The van der Waals surface area contributed by atoms with Crippen LogP contribution in [0, 0.1) is 5.92 Å². The summed E-state index contributed by atoms with van der Waals surface area (Å²) >= 11 is 0. The third kappa shape index (κ3) is 4.51. The number of hydrogen-bond acceptors (Lipinski definition) is 4. The first-order chi connectivity index (χ1) is 13.2. The van der Waals surface area contributed by atoms with E-state index < -0.39 is 0 Å². The van der Waals surface area contributed by atoms with Gasteiger partial charge in [0, 0.05) is 18.9 Å². The molecule has 2 fully saturated rings. The molecule has 3 aliphatic rings. The van der Waals surface area contributed by atoms with Crippen LogP contribution in [0.5, 0.6) is 0 Å². The van der Waals surface area contributed by atoms with E-state index in [-0.39, 0.29) is 11.8 Å². The SMILES string of the molecule is O=C(CCCN1CCCC1)NCc1cc2n(n1)CCN(C(=O)C1CCC1)C2. The molecule has 2 amide bonds. The number of aromatic nitrogens is 2. The Morgan fingerprint density at radius 2 is 1.93 bits per heavy atom. The zero-order valence-electron chi connectivity index (χ0n) is 16.2. The molecular weight excluding hydrogens is 342 g/mol. The van der Waals surface area contributed by atoms with Gasteiger partial charge in [-0.05, 0) is 57.8 Å². The minimum atomic E-state index is 0.0990. The molecule has 1 aromatic heterocycles. The zero-order valence-corrected chi connectivity index (χ0v) is 16.2. The van der Waals surface area contributed by atoms with Gasteiger partial charge in [-0.1, -0.05) is 6.42 Å². The molecule has 2 aliphatic heterocycles. The molecule has 7 nitrogen and oxygen atoms in total. The van der Waals surface area contributed by atoms with E-state index in [0.717, 1.165) is 50.3 Å². The average Bonchev–Trinajstić information content (AvgIpc) is 3.26. The summed E-state index contributed by atoms with van der Waals surface area (Å²) in [6.07, 6.45) is 7.36. The van der Waals surface area contributed by atoms with Crippen LogP contribution >= 0.6 is 0 Å². The molecule has 0 atom stereocenters. The molecule has 0 aromatic carbocycles. The van der Waals surface area contributed by atoms with Crippen molar-refractivity contribution in [3.05, 3.63) is 17.5 Å². The van der Waals surface area contributed by atoms with Gasteiger partial charge in [-0.15, -0.1) is 0 Å². The van der Waals surface area contributed by atoms with Crippen LogP contribution in [-0.4, -0.2) is 57.6 Å². The summed E-state index contributed by atoms with van der Waals surface area (Å²) < 4.78 is 1.99. The summed E-state index contributed by atoms with van der Waals surface area (Å²) in [6, 6.07) is 2.03. The highest BCUT2D eigenvalue weighted by Gasteiger charge is 2.31. The maximum absolute atomic E-state index is 12.4. The van der Waals surface area contributed by atoms with Crippen molar-refractivity contribution >= 4 is 11.8 Å². The first-order valence-corrected chi connectivity index (χ1v) is 10.5. The summed E-state index contributed by atoms with van der Waals surface area (Å²) in [5.74, 6) is 0.655. The van der Waals surface area contributed by atoms with Gasteiger partial charge in [0.25, 0.3) is 0 Å². The summed E-state index contributed by atoms with van der Waals surface area (Å²) in [6.45, 7) is 6.00. The summed E-state index contributed by atoms with van der Waals surface area (Å²) in [7, 11) is 0. The molecule has 1 N–H and O–H groups in total. The van der Waals surface area contributed by atoms with Crippen LogP contribution in [0.3, 0.4) is 0 Å². The number of carbonyl (C=O) groups excluding carboxylic acids is 2. The lowest BCUT2D eigenvalue weighted by Gasteiger charge is -2.34. The Hall–Kier alpha value is -1.89. The maximum Gasteiger partial charge on any atom is 0.226 e. The van der Waals surface area contributed by atoms with Gasteiger partial charge in [-0.2, -0.15) is 5.10 Å². The van der Waals surface area contributed by atoms with Crippen molar-refractivity contribution in [2.75, 3.05) is 26.2 Å². The van der Waals surface area contributed by atoms with Crippen LogP contribution in [0.4, 0.5) is 0 Å². The largest absolute Gasteiger partial charge is 0.350 e. The Kier molecular flexibility index (Phi) is 5.76. The van der Waals surface area contributed by atoms with E-state index in [1.807, 2.05) is 15.6 Å². The molecule has 27 heavy (non-hydrogen) atoms. The highest BCUT2D eigenvalue weighted by atomic mass is 16.2. The molecule has 1 saturated carbocycles. The normalized spacial score (nSPS) is 20.4. The van der Waals surface area contributed by atoms with E-state index in [1.54, 1.807) is 0 Å². The van der Waals surface area contributed by atoms with Crippen LogP contribution in [-0.2, 0) is 29.2 Å². The first-order valence-electron chi connectivity index (χ1n) is 10.5.